The zero-order chi connectivity index (χ0) is 9.26. The van der Waals surface area contributed by atoms with Crippen molar-refractivity contribution in [2.24, 2.45) is 4.99 Å². The largest absolute Gasteiger partial charge is 0.269 e. The normalized spacial score (nSPS) is 17.5. The molecule has 0 aromatic heterocycles. The predicted octanol–water partition coefficient (Wildman–Crippen LogP) is 2.97. The minimum absolute atomic E-state index is 0.276. The summed E-state index contributed by atoms with van der Waals surface area (Å²) in [4.78, 5) is 4.22. The Kier molecular flexibility index (Phi) is 2.32. The van der Waals surface area contributed by atoms with Crippen molar-refractivity contribution in [1.82, 2.24) is 0 Å². The van der Waals surface area contributed by atoms with Gasteiger partial charge in [0.2, 0.25) is 0 Å². The zero-order valence-corrected chi connectivity index (χ0v) is 7.76. The van der Waals surface area contributed by atoms with Gasteiger partial charge >= 0.3 is 0 Å². The van der Waals surface area contributed by atoms with Crippen molar-refractivity contribution in [3.05, 3.63) is 35.6 Å². The number of halogens is 2. The van der Waals surface area contributed by atoms with Gasteiger partial charge in [-0.2, -0.15) is 0 Å². The molecule has 1 aliphatic rings. The molecule has 0 radical (unpaired) electrons. The minimum atomic E-state index is -0.276. The van der Waals surface area contributed by atoms with Gasteiger partial charge in [-0.1, -0.05) is 23.7 Å². The Morgan fingerprint density at radius 1 is 1.46 bits per heavy atom. The Hall–Kier alpha value is -0.890. The standard InChI is InChI=1S/C10H9ClFN/c11-10(13-9-4-5-9)7-2-1-3-8(12)6-7/h1-3,6,9H,4-5H2. The van der Waals surface area contributed by atoms with Gasteiger partial charge in [-0.3, -0.25) is 4.99 Å². The van der Waals surface area contributed by atoms with Crippen molar-refractivity contribution in [2.45, 2.75) is 18.9 Å². The third kappa shape index (κ3) is 2.28. The Morgan fingerprint density at radius 2 is 2.23 bits per heavy atom. The van der Waals surface area contributed by atoms with Crippen LogP contribution >= 0.6 is 11.6 Å². The smallest absolute Gasteiger partial charge is 0.131 e. The lowest BCUT2D eigenvalue weighted by atomic mass is 10.2. The fourth-order valence-corrected chi connectivity index (χ4v) is 1.31. The molecule has 1 nitrogen and oxygen atoms in total. The highest BCUT2D eigenvalue weighted by atomic mass is 35.5. The molecule has 1 saturated carbocycles. The summed E-state index contributed by atoms with van der Waals surface area (Å²) in [6.45, 7) is 0. The number of hydrogen-bond acceptors (Lipinski definition) is 1. The molecule has 0 amide bonds. The van der Waals surface area contributed by atoms with Crippen LogP contribution in [-0.2, 0) is 0 Å². The fourth-order valence-electron chi connectivity index (χ4n) is 1.06. The maximum atomic E-state index is 12.8. The first-order chi connectivity index (χ1) is 6.25. The molecule has 1 aliphatic carbocycles. The Bertz CT molecular complexity index is 345. The highest BCUT2D eigenvalue weighted by Crippen LogP contribution is 2.25. The molecular formula is C10H9ClFN. The maximum Gasteiger partial charge on any atom is 0.131 e. The van der Waals surface area contributed by atoms with Crippen LogP contribution in [0, 0.1) is 5.82 Å². The topological polar surface area (TPSA) is 12.4 Å². The lowest BCUT2D eigenvalue weighted by molar-refractivity contribution is 0.627. The molecule has 3 heteroatoms. The summed E-state index contributed by atoms with van der Waals surface area (Å²) in [6.07, 6.45) is 2.21. The Labute approximate surface area is 81.2 Å². The monoisotopic (exact) mass is 197 g/mol. The molecular weight excluding hydrogens is 189 g/mol. The van der Waals surface area contributed by atoms with Gasteiger partial charge in [0.25, 0.3) is 0 Å². The molecule has 0 heterocycles. The summed E-state index contributed by atoms with van der Waals surface area (Å²) in [5.74, 6) is -0.276. The second-order valence-electron chi connectivity index (χ2n) is 3.16. The van der Waals surface area contributed by atoms with E-state index in [2.05, 4.69) is 4.99 Å². The van der Waals surface area contributed by atoms with E-state index >= 15 is 0 Å². The molecule has 0 bridgehead atoms. The molecule has 0 atom stereocenters. The molecule has 0 unspecified atom stereocenters. The van der Waals surface area contributed by atoms with Gasteiger partial charge in [0.1, 0.15) is 11.0 Å². The summed E-state index contributed by atoms with van der Waals surface area (Å²) in [5, 5.41) is 0.419. The average Bonchev–Trinajstić information content (AvgIpc) is 2.88. The second-order valence-corrected chi connectivity index (χ2v) is 3.52. The van der Waals surface area contributed by atoms with Crippen LogP contribution in [0.2, 0.25) is 0 Å². The SMILES string of the molecule is Fc1cccc(C(Cl)=NC2CC2)c1. The molecule has 0 spiro atoms. The third-order valence-electron chi connectivity index (χ3n) is 1.91. The zero-order valence-electron chi connectivity index (χ0n) is 7.00. The number of nitrogens with zero attached hydrogens (tertiary/aromatic N) is 1. The van der Waals surface area contributed by atoms with Crippen molar-refractivity contribution in [3.8, 4) is 0 Å². The van der Waals surface area contributed by atoms with Crippen LogP contribution in [-0.4, -0.2) is 11.2 Å². The lowest BCUT2D eigenvalue weighted by Gasteiger charge is -1.97. The Balaban J connectivity index is 2.23. The van der Waals surface area contributed by atoms with Gasteiger partial charge in [0.05, 0.1) is 6.04 Å². The molecule has 1 aromatic carbocycles. The van der Waals surface area contributed by atoms with E-state index in [4.69, 9.17) is 11.6 Å². The highest BCUT2D eigenvalue weighted by Gasteiger charge is 2.20. The van der Waals surface area contributed by atoms with Crippen LogP contribution < -0.4 is 0 Å². The van der Waals surface area contributed by atoms with Crippen LogP contribution in [0.15, 0.2) is 29.3 Å². The van der Waals surface area contributed by atoms with Crippen LogP contribution in [0.25, 0.3) is 0 Å². The van der Waals surface area contributed by atoms with Crippen LogP contribution in [0.5, 0.6) is 0 Å². The molecule has 13 heavy (non-hydrogen) atoms. The van der Waals surface area contributed by atoms with Gasteiger partial charge in [-0.05, 0) is 25.0 Å². The summed E-state index contributed by atoms with van der Waals surface area (Å²) in [7, 11) is 0. The van der Waals surface area contributed by atoms with Crippen molar-refractivity contribution in [2.75, 3.05) is 0 Å². The van der Waals surface area contributed by atoms with Crippen LogP contribution in [0.4, 0.5) is 4.39 Å². The molecule has 0 aliphatic heterocycles. The first kappa shape index (κ1) is 8.70. The summed E-state index contributed by atoms with van der Waals surface area (Å²) < 4.78 is 12.8. The second kappa shape index (κ2) is 3.46. The highest BCUT2D eigenvalue weighted by molar-refractivity contribution is 6.69. The van der Waals surface area contributed by atoms with E-state index in [0.717, 1.165) is 12.8 Å². The van der Waals surface area contributed by atoms with E-state index in [1.807, 2.05) is 0 Å². The van der Waals surface area contributed by atoms with E-state index < -0.39 is 0 Å². The summed E-state index contributed by atoms with van der Waals surface area (Å²) in [6, 6.07) is 6.56. The third-order valence-corrected chi connectivity index (χ3v) is 2.22. The van der Waals surface area contributed by atoms with Crippen molar-refractivity contribution < 1.29 is 4.39 Å². The van der Waals surface area contributed by atoms with Gasteiger partial charge in [-0.15, -0.1) is 0 Å². The first-order valence-corrected chi connectivity index (χ1v) is 4.63. The lowest BCUT2D eigenvalue weighted by Crippen LogP contribution is -1.93. The van der Waals surface area contributed by atoms with Crippen LogP contribution in [0.3, 0.4) is 0 Å². The molecule has 0 saturated heterocycles. The quantitative estimate of drug-likeness (QED) is 0.647. The molecule has 1 aromatic rings. The van der Waals surface area contributed by atoms with Gasteiger partial charge < -0.3 is 0 Å². The van der Waals surface area contributed by atoms with Gasteiger partial charge in [0.15, 0.2) is 0 Å². The number of rotatable bonds is 2. The van der Waals surface area contributed by atoms with Crippen molar-refractivity contribution in [1.29, 1.82) is 0 Å². The molecule has 68 valence electrons. The van der Waals surface area contributed by atoms with Gasteiger partial charge in [-0.25, -0.2) is 4.39 Å². The van der Waals surface area contributed by atoms with E-state index in [1.54, 1.807) is 12.1 Å². The number of aliphatic imine (C=N–C) groups is 1. The first-order valence-electron chi connectivity index (χ1n) is 4.25. The predicted molar refractivity (Wildman–Crippen MR) is 51.8 cm³/mol. The summed E-state index contributed by atoms with van der Waals surface area (Å²) >= 11 is 5.90. The van der Waals surface area contributed by atoms with Crippen molar-refractivity contribution in [3.63, 3.8) is 0 Å². The van der Waals surface area contributed by atoms with E-state index in [1.165, 1.54) is 12.1 Å². The van der Waals surface area contributed by atoms with Crippen molar-refractivity contribution >= 4 is 16.8 Å². The molecule has 1 fully saturated rings. The van der Waals surface area contributed by atoms with Crippen LogP contribution in [0.1, 0.15) is 18.4 Å². The van der Waals surface area contributed by atoms with E-state index in [0.29, 0.717) is 16.8 Å². The summed E-state index contributed by atoms with van der Waals surface area (Å²) in [5.41, 5.74) is 0.661. The number of hydrogen-bond donors (Lipinski definition) is 0. The Morgan fingerprint density at radius 3 is 2.85 bits per heavy atom. The number of benzene rings is 1. The van der Waals surface area contributed by atoms with E-state index in [-0.39, 0.29) is 5.82 Å². The minimum Gasteiger partial charge on any atom is -0.269 e. The average molecular weight is 198 g/mol. The van der Waals surface area contributed by atoms with E-state index in [9.17, 15) is 4.39 Å². The van der Waals surface area contributed by atoms with Gasteiger partial charge in [0, 0.05) is 5.56 Å². The molecule has 2 rings (SSSR count). The molecule has 0 N–H and O–H groups in total. The maximum absolute atomic E-state index is 12.8. The fraction of sp³-hybridized carbons (Fsp3) is 0.300.